The minimum absolute atomic E-state index is 0.0150. The number of hydrogen-bond donors (Lipinski definition) is 1. The smallest absolute Gasteiger partial charge is 0.169 e. The first kappa shape index (κ1) is 10.7. The molecule has 0 aliphatic heterocycles. The average Bonchev–Trinajstić information content (AvgIpc) is 2.26. The largest absolute Gasteiger partial charge is 0.486 e. The molecule has 1 N–H and O–H groups in total. The van der Waals surface area contributed by atoms with Gasteiger partial charge in [-0.3, -0.25) is 4.79 Å². The number of rotatable bonds is 5. The molecule has 0 amide bonds. The normalized spacial score (nSPS) is 9.86. The maximum Gasteiger partial charge on any atom is 0.169 e. The van der Waals surface area contributed by atoms with Crippen LogP contribution in [0.5, 0.6) is 5.75 Å². The minimum Gasteiger partial charge on any atom is -0.486 e. The van der Waals surface area contributed by atoms with Gasteiger partial charge in [-0.2, -0.15) is 0 Å². The molecule has 0 aromatic heterocycles. The molecule has 0 bridgehead atoms. The van der Waals surface area contributed by atoms with Crippen LogP contribution in [0.4, 0.5) is 0 Å². The molecule has 1 rings (SSSR count). The quantitative estimate of drug-likeness (QED) is 0.773. The standard InChI is InChI=1S/C11H14O3/c1-2-10(13)8-14-11-5-3-4-9(6-11)7-12/h3-6,12H,2,7-8H2,1H3. The number of carbonyl (C=O) groups is 1. The van der Waals surface area contributed by atoms with Gasteiger partial charge in [0.1, 0.15) is 12.4 Å². The fourth-order valence-electron chi connectivity index (χ4n) is 1.000. The lowest BCUT2D eigenvalue weighted by molar-refractivity contribution is -0.120. The van der Waals surface area contributed by atoms with Gasteiger partial charge in [0.2, 0.25) is 0 Å². The van der Waals surface area contributed by atoms with Crippen molar-refractivity contribution < 1.29 is 14.6 Å². The van der Waals surface area contributed by atoms with E-state index in [-0.39, 0.29) is 19.0 Å². The predicted octanol–water partition coefficient (Wildman–Crippen LogP) is 1.54. The lowest BCUT2D eigenvalue weighted by atomic mass is 10.2. The van der Waals surface area contributed by atoms with Gasteiger partial charge in [-0.05, 0) is 17.7 Å². The molecule has 0 fully saturated rings. The number of benzene rings is 1. The van der Waals surface area contributed by atoms with Gasteiger partial charge >= 0.3 is 0 Å². The lowest BCUT2D eigenvalue weighted by Gasteiger charge is -2.05. The molecule has 0 atom stereocenters. The van der Waals surface area contributed by atoms with Crippen molar-refractivity contribution in [1.82, 2.24) is 0 Å². The van der Waals surface area contributed by atoms with Gasteiger partial charge < -0.3 is 9.84 Å². The molecular formula is C11H14O3. The number of ketones is 1. The Morgan fingerprint density at radius 1 is 1.50 bits per heavy atom. The van der Waals surface area contributed by atoms with Crippen LogP contribution in [0.3, 0.4) is 0 Å². The molecule has 0 unspecified atom stereocenters. The van der Waals surface area contributed by atoms with E-state index in [2.05, 4.69) is 0 Å². The molecule has 76 valence electrons. The Hall–Kier alpha value is -1.35. The Morgan fingerprint density at radius 3 is 2.93 bits per heavy atom. The minimum atomic E-state index is -0.0150. The zero-order valence-corrected chi connectivity index (χ0v) is 8.19. The van der Waals surface area contributed by atoms with Crippen LogP contribution >= 0.6 is 0 Å². The Bertz CT molecular complexity index is 307. The van der Waals surface area contributed by atoms with E-state index in [9.17, 15) is 4.79 Å². The monoisotopic (exact) mass is 194 g/mol. The Morgan fingerprint density at radius 2 is 2.29 bits per heavy atom. The first-order valence-electron chi connectivity index (χ1n) is 4.60. The summed E-state index contributed by atoms with van der Waals surface area (Å²) in [5, 5.41) is 8.86. The van der Waals surface area contributed by atoms with E-state index in [4.69, 9.17) is 9.84 Å². The molecule has 0 aliphatic rings. The molecule has 0 saturated carbocycles. The summed E-state index contributed by atoms with van der Waals surface area (Å²) in [6, 6.07) is 7.08. The van der Waals surface area contributed by atoms with Crippen molar-refractivity contribution in [3.8, 4) is 5.75 Å². The number of aliphatic hydroxyl groups excluding tert-OH is 1. The average molecular weight is 194 g/mol. The maximum absolute atomic E-state index is 11.0. The van der Waals surface area contributed by atoms with E-state index in [0.29, 0.717) is 12.2 Å². The van der Waals surface area contributed by atoms with Crippen molar-refractivity contribution in [1.29, 1.82) is 0 Å². The van der Waals surface area contributed by atoms with Crippen LogP contribution in [0.15, 0.2) is 24.3 Å². The van der Waals surface area contributed by atoms with Crippen LogP contribution in [0.25, 0.3) is 0 Å². The zero-order valence-electron chi connectivity index (χ0n) is 8.19. The highest BCUT2D eigenvalue weighted by Gasteiger charge is 2.00. The second-order valence-corrected chi connectivity index (χ2v) is 2.99. The first-order valence-corrected chi connectivity index (χ1v) is 4.60. The van der Waals surface area contributed by atoms with Crippen molar-refractivity contribution in [3.05, 3.63) is 29.8 Å². The fraction of sp³-hybridized carbons (Fsp3) is 0.364. The van der Waals surface area contributed by atoms with Crippen molar-refractivity contribution in [2.75, 3.05) is 6.61 Å². The summed E-state index contributed by atoms with van der Waals surface area (Å²) in [4.78, 5) is 11.0. The first-order chi connectivity index (χ1) is 6.76. The third-order valence-electron chi connectivity index (χ3n) is 1.88. The molecule has 0 heterocycles. The van der Waals surface area contributed by atoms with Crippen LogP contribution < -0.4 is 4.74 Å². The Labute approximate surface area is 83.3 Å². The van der Waals surface area contributed by atoms with E-state index in [1.165, 1.54) is 0 Å². The van der Waals surface area contributed by atoms with Gasteiger partial charge in [0, 0.05) is 6.42 Å². The molecule has 0 aliphatic carbocycles. The molecule has 3 heteroatoms. The fourth-order valence-corrected chi connectivity index (χ4v) is 1.000. The second kappa shape index (κ2) is 5.40. The molecular weight excluding hydrogens is 180 g/mol. The molecule has 3 nitrogen and oxygen atoms in total. The lowest BCUT2D eigenvalue weighted by Crippen LogP contribution is -2.09. The van der Waals surface area contributed by atoms with Crippen molar-refractivity contribution in [2.24, 2.45) is 0 Å². The van der Waals surface area contributed by atoms with Gasteiger partial charge in [0.25, 0.3) is 0 Å². The van der Waals surface area contributed by atoms with E-state index in [1.54, 1.807) is 31.2 Å². The molecule has 0 saturated heterocycles. The molecule has 14 heavy (non-hydrogen) atoms. The highest BCUT2D eigenvalue weighted by atomic mass is 16.5. The van der Waals surface area contributed by atoms with E-state index >= 15 is 0 Å². The number of ether oxygens (including phenoxy) is 1. The van der Waals surface area contributed by atoms with Crippen LogP contribution in [-0.2, 0) is 11.4 Å². The SMILES string of the molecule is CCC(=O)COc1cccc(CO)c1. The van der Waals surface area contributed by atoms with E-state index < -0.39 is 0 Å². The van der Waals surface area contributed by atoms with Gasteiger partial charge in [0.15, 0.2) is 5.78 Å². The molecule has 1 aromatic carbocycles. The summed E-state index contributed by atoms with van der Waals surface area (Å²) in [5.74, 6) is 0.692. The van der Waals surface area contributed by atoms with Crippen molar-refractivity contribution >= 4 is 5.78 Å². The van der Waals surface area contributed by atoms with Crippen LogP contribution in [-0.4, -0.2) is 17.5 Å². The zero-order chi connectivity index (χ0) is 10.4. The van der Waals surface area contributed by atoms with Gasteiger partial charge in [-0.15, -0.1) is 0 Å². The number of aliphatic hydroxyl groups is 1. The topological polar surface area (TPSA) is 46.5 Å². The molecule has 0 radical (unpaired) electrons. The van der Waals surface area contributed by atoms with E-state index in [0.717, 1.165) is 5.56 Å². The Balaban J connectivity index is 2.54. The van der Waals surface area contributed by atoms with Gasteiger partial charge in [0.05, 0.1) is 6.61 Å². The number of Topliss-reactive ketones (excluding diaryl/α,β-unsaturated/α-hetero) is 1. The number of hydrogen-bond acceptors (Lipinski definition) is 3. The summed E-state index contributed by atoms with van der Waals surface area (Å²) in [6.45, 7) is 1.89. The van der Waals surface area contributed by atoms with Crippen molar-refractivity contribution in [2.45, 2.75) is 20.0 Å². The summed E-state index contributed by atoms with van der Waals surface area (Å²) in [7, 11) is 0. The maximum atomic E-state index is 11.0. The third-order valence-corrected chi connectivity index (χ3v) is 1.88. The van der Waals surface area contributed by atoms with Gasteiger partial charge in [-0.1, -0.05) is 19.1 Å². The molecule has 0 spiro atoms. The number of carbonyl (C=O) groups excluding carboxylic acids is 1. The van der Waals surface area contributed by atoms with Crippen LogP contribution in [0.1, 0.15) is 18.9 Å². The summed E-state index contributed by atoms with van der Waals surface area (Å²) >= 11 is 0. The third kappa shape index (κ3) is 3.18. The highest BCUT2D eigenvalue weighted by molar-refractivity contribution is 5.79. The van der Waals surface area contributed by atoms with E-state index in [1.807, 2.05) is 0 Å². The predicted molar refractivity (Wildman–Crippen MR) is 53.2 cm³/mol. The summed E-state index contributed by atoms with van der Waals surface area (Å²) < 4.78 is 5.24. The summed E-state index contributed by atoms with van der Waals surface area (Å²) in [6.07, 6.45) is 0.486. The Kier molecular flexibility index (Phi) is 4.13. The molecule has 1 aromatic rings. The van der Waals surface area contributed by atoms with Gasteiger partial charge in [-0.25, -0.2) is 0 Å². The highest BCUT2D eigenvalue weighted by Crippen LogP contribution is 2.13. The van der Waals surface area contributed by atoms with Crippen LogP contribution in [0.2, 0.25) is 0 Å². The van der Waals surface area contributed by atoms with Crippen LogP contribution in [0, 0.1) is 0 Å². The second-order valence-electron chi connectivity index (χ2n) is 2.99. The van der Waals surface area contributed by atoms with Crippen molar-refractivity contribution in [3.63, 3.8) is 0 Å². The summed E-state index contributed by atoms with van der Waals surface area (Å²) in [5.41, 5.74) is 0.784.